The Kier molecular flexibility index (Phi) is 7.36. The Balaban J connectivity index is 1.91. The zero-order chi connectivity index (χ0) is 20.9. The topological polar surface area (TPSA) is 96.0 Å². The lowest BCUT2D eigenvalue weighted by Crippen LogP contribution is -2.55. The lowest BCUT2D eigenvalue weighted by molar-refractivity contribution is -0.134. The number of sulfonamides is 1. The van der Waals surface area contributed by atoms with Gasteiger partial charge in [0, 0.05) is 26.2 Å². The van der Waals surface area contributed by atoms with Gasteiger partial charge in [-0.15, -0.1) is 0 Å². The van der Waals surface area contributed by atoms with Gasteiger partial charge < -0.3 is 14.5 Å². The normalized spacial score (nSPS) is 16.2. The molecule has 1 atom stereocenters. The fraction of sp³-hybridized carbons (Fsp3) is 0.556. The van der Waals surface area contributed by atoms with E-state index in [-0.39, 0.29) is 19.0 Å². The summed E-state index contributed by atoms with van der Waals surface area (Å²) in [6.07, 6.45) is -0.422. The van der Waals surface area contributed by atoms with Crippen LogP contribution in [0.4, 0.5) is 9.18 Å². The summed E-state index contributed by atoms with van der Waals surface area (Å²) in [5, 5.41) is 0. The number of hydrogen-bond acceptors (Lipinski definition) is 5. The van der Waals surface area contributed by atoms with Crippen LogP contribution in [-0.4, -0.2) is 69.0 Å². The van der Waals surface area contributed by atoms with Crippen LogP contribution in [0.1, 0.15) is 20.8 Å². The molecule has 2 rings (SSSR count). The number of ether oxygens (including phenoxy) is 1. The number of carbonyl (C=O) groups is 2. The van der Waals surface area contributed by atoms with Crippen molar-refractivity contribution in [3.05, 3.63) is 30.1 Å². The Morgan fingerprint density at radius 1 is 1.11 bits per heavy atom. The smallest absolute Gasteiger partial charge is 0.409 e. The Labute approximate surface area is 164 Å². The van der Waals surface area contributed by atoms with E-state index < -0.39 is 38.8 Å². The average Bonchev–Trinajstić information content (AvgIpc) is 2.65. The van der Waals surface area contributed by atoms with E-state index in [2.05, 4.69) is 4.72 Å². The molecule has 1 fully saturated rings. The number of nitrogens with one attached hydrogen (secondary N) is 1. The Hall–Kier alpha value is -2.20. The van der Waals surface area contributed by atoms with Crippen LogP contribution in [0.2, 0.25) is 0 Å². The standard InChI is InChI=1S/C18H26FN3O5S/c1-13(2)12-27-18(24)22-10-8-21(9-11-22)17(23)14(3)20-28(25,26)16-7-5-4-6-15(16)19/h4-7,13-14,20H,8-12H2,1-3H3/t14-/m0/s1. The SMILES string of the molecule is CC(C)COC(=O)N1CCN(C(=O)[C@H](C)NS(=O)(=O)c2ccccc2F)CC1. The van der Waals surface area contributed by atoms with Gasteiger partial charge >= 0.3 is 6.09 Å². The van der Waals surface area contributed by atoms with Crippen molar-refractivity contribution < 1.29 is 27.1 Å². The molecule has 2 amide bonds. The summed E-state index contributed by atoms with van der Waals surface area (Å²) < 4.78 is 45.8. The minimum Gasteiger partial charge on any atom is -0.449 e. The fourth-order valence-electron chi connectivity index (χ4n) is 2.72. The van der Waals surface area contributed by atoms with Crippen LogP contribution in [0.3, 0.4) is 0 Å². The molecule has 0 bridgehead atoms. The Morgan fingerprint density at radius 2 is 1.68 bits per heavy atom. The van der Waals surface area contributed by atoms with E-state index in [9.17, 15) is 22.4 Å². The van der Waals surface area contributed by atoms with Crippen molar-refractivity contribution in [3.8, 4) is 0 Å². The highest BCUT2D eigenvalue weighted by molar-refractivity contribution is 7.89. The highest BCUT2D eigenvalue weighted by atomic mass is 32.2. The number of amides is 2. The van der Waals surface area contributed by atoms with Crippen LogP contribution in [0.25, 0.3) is 0 Å². The van der Waals surface area contributed by atoms with E-state index in [0.29, 0.717) is 19.7 Å². The highest BCUT2D eigenvalue weighted by Crippen LogP contribution is 2.14. The number of benzene rings is 1. The zero-order valence-corrected chi connectivity index (χ0v) is 17.0. The molecular formula is C18H26FN3O5S. The summed E-state index contributed by atoms with van der Waals surface area (Å²) in [5.74, 6) is -1.09. The Bertz CT molecular complexity index is 807. The second-order valence-electron chi connectivity index (χ2n) is 7.06. The van der Waals surface area contributed by atoms with E-state index in [1.807, 2.05) is 13.8 Å². The van der Waals surface area contributed by atoms with Gasteiger partial charge in [-0.05, 0) is 25.0 Å². The maximum atomic E-state index is 13.8. The van der Waals surface area contributed by atoms with Crippen LogP contribution in [0.15, 0.2) is 29.2 Å². The molecule has 28 heavy (non-hydrogen) atoms. The largest absolute Gasteiger partial charge is 0.449 e. The number of rotatable bonds is 6. The number of piperazine rings is 1. The van der Waals surface area contributed by atoms with Crippen molar-refractivity contribution in [3.63, 3.8) is 0 Å². The second-order valence-corrected chi connectivity index (χ2v) is 8.74. The first-order chi connectivity index (χ1) is 13.1. The quantitative estimate of drug-likeness (QED) is 0.758. The van der Waals surface area contributed by atoms with Gasteiger partial charge in [-0.2, -0.15) is 4.72 Å². The van der Waals surface area contributed by atoms with Gasteiger partial charge in [0.1, 0.15) is 10.7 Å². The number of carbonyl (C=O) groups excluding carboxylic acids is 2. The predicted octanol–water partition coefficient (Wildman–Crippen LogP) is 1.43. The van der Waals surface area contributed by atoms with Crippen LogP contribution >= 0.6 is 0 Å². The minimum absolute atomic E-state index is 0.232. The third-order valence-corrected chi connectivity index (χ3v) is 5.79. The van der Waals surface area contributed by atoms with E-state index in [1.54, 1.807) is 0 Å². The van der Waals surface area contributed by atoms with Gasteiger partial charge in [0.25, 0.3) is 0 Å². The van der Waals surface area contributed by atoms with Gasteiger partial charge in [-0.25, -0.2) is 17.6 Å². The molecule has 0 saturated carbocycles. The average molecular weight is 415 g/mol. The zero-order valence-electron chi connectivity index (χ0n) is 16.2. The first-order valence-corrected chi connectivity index (χ1v) is 10.6. The molecule has 8 nitrogen and oxygen atoms in total. The number of nitrogens with zero attached hydrogens (tertiary/aromatic N) is 2. The van der Waals surface area contributed by atoms with Gasteiger partial charge in [-0.3, -0.25) is 4.79 Å². The van der Waals surface area contributed by atoms with E-state index >= 15 is 0 Å². The molecule has 156 valence electrons. The maximum absolute atomic E-state index is 13.8. The summed E-state index contributed by atoms with van der Waals surface area (Å²) in [6, 6.07) is 3.90. The molecule has 1 aromatic carbocycles. The third-order valence-electron chi connectivity index (χ3n) is 4.22. The van der Waals surface area contributed by atoms with Crippen molar-refractivity contribution in [1.29, 1.82) is 0 Å². The van der Waals surface area contributed by atoms with Crippen LogP contribution in [-0.2, 0) is 19.6 Å². The number of halogens is 1. The summed E-state index contributed by atoms with van der Waals surface area (Å²) >= 11 is 0. The van der Waals surface area contributed by atoms with Gasteiger partial charge in [0.2, 0.25) is 15.9 Å². The van der Waals surface area contributed by atoms with E-state index in [1.165, 1.54) is 28.9 Å². The van der Waals surface area contributed by atoms with E-state index in [0.717, 1.165) is 12.1 Å². The van der Waals surface area contributed by atoms with Gasteiger partial charge in [-0.1, -0.05) is 26.0 Å². The summed E-state index contributed by atoms with van der Waals surface area (Å²) in [4.78, 5) is 27.0. The van der Waals surface area contributed by atoms with Crippen molar-refractivity contribution in [2.45, 2.75) is 31.7 Å². The van der Waals surface area contributed by atoms with Gasteiger partial charge in [0.05, 0.1) is 12.6 Å². The van der Waals surface area contributed by atoms with Crippen LogP contribution in [0, 0.1) is 11.7 Å². The molecule has 0 radical (unpaired) electrons. The monoisotopic (exact) mass is 415 g/mol. The van der Waals surface area contributed by atoms with Crippen LogP contribution in [0.5, 0.6) is 0 Å². The molecule has 1 heterocycles. The van der Waals surface area contributed by atoms with Crippen LogP contribution < -0.4 is 4.72 Å². The highest BCUT2D eigenvalue weighted by Gasteiger charge is 2.30. The van der Waals surface area contributed by atoms with Gasteiger partial charge in [0.15, 0.2) is 0 Å². The molecule has 1 aliphatic rings. The molecule has 0 aliphatic carbocycles. The third kappa shape index (κ3) is 5.65. The number of hydrogen-bond donors (Lipinski definition) is 1. The summed E-state index contributed by atoms with van der Waals surface area (Å²) in [5.41, 5.74) is 0. The molecule has 1 aliphatic heterocycles. The predicted molar refractivity (Wildman–Crippen MR) is 101 cm³/mol. The first-order valence-electron chi connectivity index (χ1n) is 9.09. The van der Waals surface area contributed by atoms with Crippen molar-refractivity contribution in [1.82, 2.24) is 14.5 Å². The lowest BCUT2D eigenvalue weighted by atomic mass is 10.2. The molecule has 0 spiro atoms. The molecule has 0 unspecified atom stereocenters. The van der Waals surface area contributed by atoms with Crippen molar-refractivity contribution >= 4 is 22.0 Å². The Morgan fingerprint density at radius 3 is 2.25 bits per heavy atom. The molecule has 1 saturated heterocycles. The summed E-state index contributed by atoms with van der Waals surface area (Å²) in [6.45, 7) is 6.74. The lowest BCUT2D eigenvalue weighted by Gasteiger charge is -2.35. The maximum Gasteiger partial charge on any atom is 0.409 e. The molecule has 1 N–H and O–H groups in total. The molecule has 1 aromatic rings. The van der Waals surface area contributed by atoms with E-state index in [4.69, 9.17) is 4.74 Å². The first kappa shape index (κ1) is 22.1. The molecule has 0 aromatic heterocycles. The molecule has 10 heteroatoms. The minimum atomic E-state index is -4.17. The fourth-order valence-corrected chi connectivity index (χ4v) is 4.00. The second kappa shape index (κ2) is 9.33. The molecular weight excluding hydrogens is 389 g/mol. The summed E-state index contributed by atoms with van der Waals surface area (Å²) in [7, 11) is -4.17. The van der Waals surface area contributed by atoms with Crippen molar-refractivity contribution in [2.24, 2.45) is 5.92 Å². The van der Waals surface area contributed by atoms with Crippen molar-refractivity contribution in [2.75, 3.05) is 32.8 Å².